The zero-order valence-corrected chi connectivity index (χ0v) is 17.9. The average molecular weight is 438 g/mol. The minimum absolute atomic E-state index is 0.111. The zero-order valence-electron chi connectivity index (χ0n) is 17.9. The van der Waals surface area contributed by atoms with Crippen LogP contribution in [0.1, 0.15) is 0 Å². The predicted octanol–water partition coefficient (Wildman–Crippen LogP) is 1.04. The number of nitro benzene ring substituents is 1. The number of methoxy groups -OCH3 is 1. The molecule has 0 spiro atoms. The fraction of sp³-hybridized carbons (Fsp3) is 0.429. The van der Waals surface area contributed by atoms with Gasteiger partial charge in [0.25, 0.3) is 5.69 Å². The van der Waals surface area contributed by atoms with Gasteiger partial charge in [-0.25, -0.2) is 9.97 Å². The Kier molecular flexibility index (Phi) is 5.50. The summed E-state index contributed by atoms with van der Waals surface area (Å²) in [6.45, 7) is 5.98. The van der Waals surface area contributed by atoms with Gasteiger partial charge in [0.1, 0.15) is 6.33 Å². The van der Waals surface area contributed by atoms with Crippen molar-refractivity contribution in [2.75, 3.05) is 62.8 Å². The molecule has 4 heterocycles. The molecule has 168 valence electrons. The van der Waals surface area contributed by atoms with Crippen LogP contribution < -0.4 is 20.0 Å². The zero-order chi connectivity index (χ0) is 22.1. The summed E-state index contributed by atoms with van der Waals surface area (Å²) in [6.07, 6.45) is 5.45. The number of anilines is 1. The largest absolute Gasteiger partial charge is 0.491 e. The van der Waals surface area contributed by atoms with Crippen LogP contribution in [0.2, 0.25) is 0 Å². The van der Waals surface area contributed by atoms with Crippen LogP contribution in [0.25, 0.3) is 10.9 Å². The fourth-order valence-corrected chi connectivity index (χ4v) is 4.56. The number of aromatic nitrogens is 3. The Bertz CT molecular complexity index is 1110. The third kappa shape index (κ3) is 3.80. The fourth-order valence-electron chi connectivity index (χ4n) is 4.56. The number of rotatable bonds is 5. The second-order valence-electron chi connectivity index (χ2n) is 7.98. The normalized spacial score (nSPS) is 20.0. The number of hydrogen-bond donors (Lipinski definition) is 1. The maximum Gasteiger partial charge on any atom is 0.271 e. The van der Waals surface area contributed by atoms with Crippen LogP contribution in [-0.2, 0) is 0 Å². The highest BCUT2D eigenvalue weighted by Crippen LogP contribution is 2.26. The molecule has 1 unspecified atom stereocenters. The molecule has 0 aliphatic carbocycles. The Morgan fingerprint density at radius 2 is 2.03 bits per heavy atom. The summed E-state index contributed by atoms with van der Waals surface area (Å²) in [5.74, 6) is 1.53. The topological polar surface area (TPSA) is 105 Å². The maximum absolute atomic E-state index is 11.2. The van der Waals surface area contributed by atoms with E-state index < -0.39 is 0 Å². The molecule has 1 aromatic carbocycles. The van der Waals surface area contributed by atoms with E-state index in [0.29, 0.717) is 5.75 Å². The van der Waals surface area contributed by atoms with E-state index in [1.165, 1.54) is 0 Å². The van der Waals surface area contributed by atoms with Gasteiger partial charge in [0.05, 0.1) is 36.5 Å². The van der Waals surface area contributed by atoms with Crippen molar-refractivity contribution >= 4 is 22.4 Å². The van der Waals surface area contributed by atoms with Gasteiger partial charge in [-0.1, -0.05) is 0 Å². The van der Waals surface area contributed by atoms with E-state index in [1.54, 1.807) is 31.8 Å². The van der Waals surface area contributed by atoms with Crippen molar-refractivity contribution in [1.82, 2.24) is 24.9 Å². The number of nitrogens with zero attached hydrogens (tertiary/aromatic N) is 7. The van der Waals surface area contributed by atoms with E-state index in [-0.39, 0.29) is 16.8 Å². The van der Waals surface area contributed by atoms with E-state index in [2.05, 4.69) is 34.8 Å². The standard InChI is InChI=1S/C21H26N8O3/c1-32-19-13-22-15-24-21(19)26-10-8-25(9-11-26)20-14-27(7-5-23-20)28-6-4-16-2-3-17(29(30)31)12-18(16)28/h2-4,6,12-13,15,20,23H,5,7-11,14H2,1H3. The summed E-state index contributed by atoms with van der Waals surface area (Å²) in [6, 6.07) is 7.02. The predicted molar refractivity (Wildman–Crippen MR) is 121 cm³/mol. The number of benzene rings is 1. The van der Waals surface area contributed by atoms with Crippen LogP contribution >= 0.6 is 0 Å². The van der Waals surface area contributed by atoms with Gasteiger partial charge in [-0.15, -0.1) is 0 Å². The molecular weight excluding hydrogens is 412 g/mol. The highest BCUT2D eigenvalue weighted by molar-refractivity contribution is 5.82. The SMILES string of the molecule is COc1cncnc1N1CCN(C2CN(n3ccc4ccc([N+](=O)[O-])cc43)CCN2)CC1. The Morgan fingerprint density at radius 3 is 2.81 bits per heavy atom. The van der Waals surface area contributed by atoms with Gasteiger partial charge < -0.3 is 14.6 Å². The Labute approximate surface area is 185 Å². The van der Waals surface area contributed by atoms with Gasteiger partial charge in [0.2, 0.25) is 0 Å². The summed E-state index contributed by atoms with van der Waals surface area (Å²) in [5, 5.41) is 18.1. The molecule has 1 N–H and O–H groups in total. The second-order valence-corrected chi connectivity index (χ2v) is 7.98. The third-order valence-corrected chi connectivity index (χ3v) is 6.24. The number of non-ortho nitro benzene ring substituents is 1. The average Bonchev–Trinajstić information content (AvgIpc) is 3.27. The van der Waals surface area contributed by atoms with Crippen LogP contribution in [0.3, 0.4) is 0 Å². The molecule has 2 fully saturated rings. The molecule has 11 nitrogen and oxygen atoms in total. The summed E-state index contributed by atoms with van der Waals surface area (Å²) in [4.78, 5) is 24.0. The lowest BCUT2D eigenvalue weighted by molar-refractivity contribution is -0.384. The smallest absolute Gasteiger partial charge is 0.271 e. The van der Waals surface area contributed by atoms with E-state index in [9.17, 15) is 10.1 Å². The van der Waals surface area contributed by atoms with Gasteiger partial charge in [0.15, 0.2) is 11.6 Å². The molecule has 32 heavy (non-hydrogen) atoms. The summed E-state index contributed by atoms with van der Waals surface area (Å²) in [7, 11) is 1.64. The molecule has 0 saturated carbocycles. The number of piperazine rings is 2. The molecule has 0 radical (unpaired) electrons. The molecule has 2 saturated heterocycles. The molecule has 0 amide bonds. The molecular formula is C21H26N8O3. The maximum atomic E-state index is 11.2. The summed E-state index contributed by atoms with van der Waals surface area (Å²) >= 11 is 0. The molecule has 5 rings (SSSR count). The molecule has 2 aromatic heterocycles. The van der Waals surface area contributed by atoms with Crippen LogP contribution in [0, 0.1) is 10.1 Å². The monoisotopic (exact) mass is 438 g/mol. The molecule has 2 aliphatic heterocycles. The number of hydrogen-bond acceptors (Lipinski definition) is 9. The van der Waals surface area contributed by atoms with Gasteiger partial charge in [-0.3, -0.25) is 25.0 Å². The minimum Gasteiger partial charge on any atom is -0.491 e. The molecule has 11 heteroatoms. The van der Waals surface area contributed by atoms with Crippen molar-refractivity contribution in [3.05, 3.63) is 53.1 Å². The first-order valence-corrected chi connectivity index (χ1v) is 10.7. The Balaban J connectivity index is 1.28. The van der Waals surface area contributed by atoms with Gasteiger partial charge in [-0.05, 0) is 12.1 Å². The molecule has 3 aromatic rings. The first-order chi connectivity index (χ1) is 15.6. The third-order valence-electron chi connectivity index (χ3n) is 6.24. The van der Waals surface area contributed by atoms with Crippen molar-refractivity contribution in [3.63, 3.8) is 0 Å². The van der Waals surface area contributed by atoms with E-state index in [4.69, 9.17) is 4.74 Å². The summed E-state index contributed by atoms with van der Waals surface area (Å²) in [5.41, 5.74) is 0.973. The van der Waals surface area contributed by atoms with Crippen LogP contribution in [0.5, 0.6) is 5.75 Å². The lowest BCUT2D eigenvalue weighted by Crippen LogP contribution is -2.64. The molecule has 1 atom stereocenters. The van der Waals surface area contributed by atoms with E-state index >= 15 is 0 Å². The van der Waals surface area contributed by atoms with Gasteiger partial charge in [0, 0.05) is 63.0 Å². The first kappa shape index (κ1) is 20.5. The Hall–Kier alpha value is -3.44. The van der Waals surface area contributed by atoms with Crippen molar-refractivity contribution in [3.8, 4) is 5.75 Å². The van der Waals surface area contributed by atoms with Crippen molar-refractivity contribution in [1.29, 1.82) is 0 Å². The number of nitro groups is 1. The highest BCUT2D eigenvalue weighted by atomic mass is 16.6. The van der Waals surface area contributed by atoms with Gasteiger partial charge in [-0.2, -0.15) is 0 Å². The van der Waals surface area contributed by atoms with Crippen LogP contribution in [0.4, 0.5) is 11.5 Å². The summed E-state index contributed by atoms with van der Waals surface area (Å²) < 4.78 is 7.46. The van der Waals surface area contributed by atoms with E-state index in [1.807, 2.05) is 18.3 Å². The van der Waals surface area contributed by atoms with Crippen molar-refractivity contribution in [2.24, 2.45) is 0 Å². The minimum atomic E-state index is -0.344. The van der Waals surface area contributed by atoms with Gasteiger partial charge >= 0.3 is 0 Å². The molecule has 2 aliphatic rings. The van der Waals surface area contributed by atoms with Crippen LogP contribution in [-0.4, -0.2) is 83.6 Å². The number of fused-ring (bicyclic) bond motifs is 1. The second kappa shape index (κ2) is 8.60. The Morgan fingerprint density at radius 1 is 1.19 bits per heavy atom. The first-order valence-electron chi connectivity index (χ1n) is 10.7. The van der Waals surface area contributed by atoms with Crippen molar-refractivity contribution < 1.29 is 9.66 Å². The van der Waals surface area contributed by atoms with E-state index in [0.717, 1.165) is 62.5 Å². The number of nitrogens with one attached hydrogen (secondary N) is 1. The molecule has 0 bridgehead atoms. The highest BCUT2D eigenvalue weighted by Gasteiger charge is 2.29. The lowest BCUT2D eigenvalue weighted by atomic mass is 10.2. The van der Waals surface area contributed by atoms with Crippen LogP contribution in [0.15, 0.2) is 43.0 Å². The lowest BCUT2D eigenvalue weighted by Gasteiger charge is -2.44. The number of ether oxygens (including phenoxy) is 1. The van der Waals surface area contributed by atoms with Crippen molar-refractivity contribution in [2.45, 2.75) is 6.17 Å². The quantitative estimate of drug-likeness (QED) is 0.462.